The van der Waals surface area contributed by atoms with Crippen molar-refractivity contribution in [2.24, 2.45) is 0 Å². The van der Waals surface area contributed by atoms with Crippen LogP contribution in [0, 0.1) is 0 Å². The van der Waals surface area contributed by atoms with Crippen LogP contribution in [0.4, 0.5) is 0 Å². The average Bonchev–Trinajstić information content (AvgIpc) is 3.48. The second-order valence-electron chi connectivity index (χ2n) is 23.4. The van der Waals surface area contributed by atoms with Crippen molar-refractivity contribution in [3.8, 4) is 0 Å². The molecule has 0 radical (unpaired) electrons. The van der Waals surface area contributed by atoms with E-state index >= 15 is 0 Å². The van der Waals surface area contributed by atoms with Crippen molar-refractivity contribution in [3.05, 3.63) is 97.2 Å². The Morgan fingerprint density at radius 1 is 0.256 bits per heavy atom. The number of carbonyl (C=O) groups excluding carboxylic acids is 3. The predicted octanol–water partition coefficient (Wildman–Crippen LogP) is 24.4. The Hall–Kier alpha value is -3.67. The van der Waals surface area contributed by atoms with E-state index < -0.39 is 6.10 Å². The van der Waals surface area contributed by atoms with Gasteiger partial charge in [0.1, 0.15) is 13.2 Å². The molecule has 0 amide bonds. The molecule has 6 nitrogen and oxygen atoms in total. The van der Waals surface area contributed by atoms with Crippen LogP contribution in [0.1, 0.15) is 348 Å². The monoisotopic (exact) mass is 1140 g/mol. The molecule has 82 heavy (non-hydrogen) atoms. The Balaban J connectivity index is 4.12. The first-order chi connectivity index (χ1) is 40.5. The maximum absolute atomic E-state index is 12.9. The Bertz CT molecular complexity index is 1590. The molecule has 1 unspecified atom stereocenters. The zero-order chi connectivity index (χ0) is 59.2. The van der Waals surface area contributed by atoms with Crippen molar-refractivity contribution in [3.63, 3.8) is 0 Å². The Labute approximate surface area is 508 Å². The maximum atomic E-state index is 12.9. The lowest BCUT2D eigenvalue weighted by Gasteiger charge is -2.18. The van der Waals surface area contributed by atoms with Crippen LogP contribution in [0.15, 0.2) is 97.2 Å². The number of hydrogen-bond acceptors (Lipinski definition) is 6. The molecule has 0 fully saturated rings. The fourth-order valence-electron chi connectivity index (χ4n) is 10.1. The minimum Gasteiger partial charge on any atom is -0.462 e. The molecule has 0 N–H and O–H groups in total. The molecule has 0 aliphatic carbocycles. The van der Waals surface area contributed by atoms with Gasteiger partial charge in [0.15, 0.2) is 6.10 Å². The molecular weight excluding hydrogens is 1010 g/mol. The molecule has 0 aromatic heterocycles. The van der Waals surface area contributed by atoms with E-state index in [1.807, 2.05) is 0 Å². The van der Waals surface area contributed by atoms with Crippen LogP contribution in [0.3, 0.4) is 0 Å². The van der Waals surface area contributed by atoms with Crippen LogP contribution in [0.5, 0.6) is 0 Å². The molecule has 0 heterocycles. The summed E-state index contributed by atoms with van der Waals surface area (Å²) in [5.41, 5.74) is 0. The minimum absolute atomic E-state index is 0.0754. The van der Waals surface area contributed by atoms with Crippen LogP contribution >= 0.6 is 0 Å². The van der Waals surface area contributed by atoms with Crippen molar-refractivity contribution in [1.82, 2.24) is 0 Å². The number of carbonyl (C=O) groups is 3. The molecule has 0 aromatic carbocycles. The molecular formula is C76H132O6. The first kappa shape index (κ1) is 78.3. The molecule has 0 bridgehead atoms. The van der Waals surface area contributed by atoms with Gasteiger partial charge in [-0.2, -0.15) is 0 Å². The van der Waals surface area contributed by atoms with Gasteiger partial charge in [0.25, 0.3) is 0 Å². The second kappa shape index (κ2) is 69.8. The quantitative estimate of drug-likeness (QED) is 0.0261. The summed E-state index contributed by atoms with van der Waals surface area (Å²) in [4.78, 5) is 38.3. The zero-order valence-electron chi connectivity index (χ0n) is 54.2. The Morgan fingerprint density at radius 2 is 0.476 bits per heavy atom. The topological polar surface area (TPSA) is 78.9 Å². The highest BCUT2D eigenvalue weighted by Crippen LogP contribution is 2.17. The predicted molar refractivity (Wildman–Crippen MR) is 357 cm³/mol. The molecule has 0 rings (SSSR count). The summed E-state index contributed by atoms with van der Waals surface area (Å²) < 4.78 is 16.9. The van der Waals surface area contributed by atoms with E-state index in [4.69, 9.17) is 14.2 Å². The summed E-state index contributed by atoms with van der Waals surface area (Å²) in [5.74, 6) is -0.869. The number of ether oxygens (including phenoxy) is 3. The molecule has 6 heteroatoms. The fraction of sp³-hybridized carbons (Fsp3) is 0.750. The van der Waals surface area contributed by atoms with E-state index in [1.165, 1.54) is 205 Å². The second-order valence-corrected chi connectivity index (χ2v) is 23.4. The molecule has 0 aliphatic rings. The molecule has 1 atom stereocenters. The van der Waals surface area contributed by atoms with Gasteiger partial charge >= 0.3 is 17.9 Å². The minimum atomic E-state index is -0.778. The van der Waals surface area contributed by atoms with Gasteiger partial charge in [-0.25, -0.2) is 0 Å². The van der Waals surface area contributed by atoms with E-state index in [2.05, 4.69) is 118 Å². The fourth-order valence-corrected chi connectivity index (χ4v) is 10.1. The lowest BCUT2D eigenvalue weighted by atomic mass is 10.0. The number of unbranched alkanes of at least 4 members (excludes halogenated alkanes) is 37. The van der Waals surface area contributed by atoms with E-state index in [0.29, 0.717) is 19.3 Å². The summed E-state index contributed by atoms with van der Waals surface area (Å²) in [7, 11) is 0. The van der Waals surface area contributed by atoms with Gasteiger partial charge in [-0.15, -0.1) is 0 Å². The summed E-state index contributed by atoms with van der Waals surface area (Å²) in [6, 6.07) is 0. The standard InChI is InChI=1S/C76H132O6/c1-4-7-10-13-16-19-21-23-25-27-29-31-33-35-37-38-40-41-43-45-47-49-51-53-55-57-60-63-66-69-75(78)81-72-73(71-80-74(77)68-65-62-59-18-15-12-9-6-3)82-76(79)70-67-64-61-58-56-54-52-50-48-46-44-42-39-36-34-32-30-28-26-24-22-20-17-14-11-8-5-2/h8,11,17,20-21,23-24,26-27,29-30,32-33,35-36,39,73H,4-7,9-10,12-16,18-19,22,25,28,31,34,37-38,40-72H2,1-3H3/b11-8-,20-17-,23-21-,26-24-,29-27-,32-30-,35-33-,39-36-. The summed E-state index contributed by atoms with van der Waals surface area (Å²) in [6.45, 7) is 6.52. The van der Waals surface area contributed by atoms with Gasteiger partial charge in [0, 0.05) is 19.3 Å². The van der Waals surface area contributed by atoms with Gasteiger partial charge < -0.3 is 14.2 Å². The largest absolute Gasteiger partial charge is 0.462 e. The van der Waals surface area contributed by atoms with Crippen molar-refractivity contribution < 1.29 is 28.6 Å². The van der Waals surface area contributed by atoms with Crippen LogP contribution in [-0.2, 0) is 28.6 Å². The molecule has 0 aromatic rings. The van der Waals surface area contributed by atoms with Gasteiger partial charge in [-0.3, -0.25) is 14.4 Å². The molecule has 472 valence electrons. The summed E-state index contributed by atoms with van der Waals surface area (Å²) in [6.07, 6.45) is 94.5. The van der Waals surface area contributed by atoms with Crippen LogP contribution in [0.25, 0.3) is 0 Å². The molecule has 0 saturated carbocycles. The van der Waals surface area contributed by atoms with E-state index in [-0.39, 0.29) is 31.1 Å². The van der Waals surface area contributed by atoms with Gasteiger partial charge in [0.2, 0.25) is 0 Å². The van der Waals surface area contributed by atoms with Gasteiger partial charge in [0.05, 0.1) is 0 Å². The third kappa shape index (κ3) is 67.1. The van der Waals surface area contributed by atoms with Crippen LogP contribution in [-0.4, -0.2) is 37.2 Å². The smallest absolute Gasteiger partial charge is 0.306 e. The zero-order valence-corrected chi connectivity index (χ0v) is 54.2. The van der Waals surface area contributed by atoms with Gasteiger partial charge in [-0.05, 0) is 103 Å². The normalized spacial score (nSPS) is 12.7. The van der Waals surface area contributed by atoms with Crippen molar-refractivity contribution in [2.45, 2.75) is 354 Å². The Morgan fingerprint density at radius 3 is 0.744 bits per heavy atom. The number of allylic oxidation sites excluding steroid dienone is 16. The van der Waals surface area contributed by atoms with Gasteiger partial charge in [-0.1, -0.05) is 323 Å². The highest BCUT2D eigenvalue weighted by atomic mass is 16.6. The number of esters is 3. The van der Waals surface area contributed by atoms with Crippen LogP contribution < -0.4 is 0 Å². The lowest BCUT2D eigenvalue weighted by Crippen LogP contribution is -2.30. The van der Waals surface area contributed by atoms with Crippen molar-refractivity contribution >= 4 is 17.9 Å². The van der Waals surface area contributed by atoms with E-state index in [0.717, 1.165) is 103 Å². The average molecular weight is 1140 g/mol. The maximum Gasteiger partial charge on any atom is 0.306 e. The highest BCUT2D eigenvalue weighted by Gasteiger charge is 2.19. The Kier molecular flexibility index (Phi) is 66.7. The first-order valence-electron chi connectivity index (χ1n) is 35.2. The number of rotatable bonds is 64. The van der Waals surface area contributed by atoms with E-state index in [1.54, 1.807) is 0 Å². The molecule has 0 saturated heterocycles. The van der Waals surface area contributed by atoms with Crippen molar-refractivity contribution in [1.29, 1.82) is 0 Å². The SMILES string of the molecule is CC/C=C\C/C=C\C/C=C\C/C=C\C/C=C\CCCCCCCCCCCCCC(=O)OC(COC(=O)CCCCCCCCCC)COC(=O)CCCCCCCCCCCCCCCC/C=C\C/C=C\C/C=C\CCCCCCC. The summed E-state index contributed by atoms with van der Waals surface area (Å²) >= 11 is 0. The molecule has 0 spiro atoms. The highest BCUT2D eigenvalue weighted by molar-refractivity contribution is 5.71. The van der Waals surface area contributed by atoms with Crippen LogP contribution in [0.2, 0.25) is 0 Å². The first-order valence-corrected chi connectivity index (χ1v) is 35.2. The third-order valence-corrected chi connectivity index (χ3v) is 15.3. The van der Waals surface area contributed by atoms with E-state index in [9.17, 15) is 14.4 Å². The third-order valence-electron chi connectivity index (χ3n) is 15.3. The lowest BCUT2D eigenvalue weighted by molar-refractivity contribution is -0.167. The molecule has 0 aliphatic heterocycles. The van der Waals surface area contributed by atoms with Crippen molar-refractivity contribution in [2.75, 3.05) is 13.2 Å². The number of hydrogen-bond donors (Lipinski definition) is 0. The summed E-state index contributed by atoms with van der Waals surface area (Å²) in [5, 5.41) is 0.